The molecule has 0 N–H and O–H groups in total. The van der Waals surface area contributed by atoms with E-state index in [4.69, 9.17) is 13.1 Å². The molecule has 0 bridgehead atoms. The van der Waals surface area contributed by atoms with E-state index in [2.05, 4.69) is 26.0 Å². The number of nitriles is 2. The molecule has 0 aliphatic heterocycles. The van der Waals surface area contributed by atoms with Crippen LogP contribution in [0.15, 0.2) is 70.8 Å². The lowest BCUT2D eigenvalue weighted by atomic mass is 10.0. The minimum Gasteiger partial charge on any atom is -0.237 e. The Morgan fingerprint density at radius 1 is 0.795 bits per heavy atom. The molecule has 0 heterocycles. The van der Waals surface area contributed by atoms with Crippen LogP contribution in [0.5, 0.6) is 0 Å². The summed E-state index contributed by atoms with van der Waals surface area (Å²) >= 11 is 0. The number of halogens is 3. The molecule has 0 unspecified atom stereocenters. The number of fused-ring (bicyclic) bond motifs is 2. The summed E-state index contributed by atoms with van der Waals surface area (Å²) in [5, 5.41) is 25.6. The van der Waals surface area contributed by atoms with Gasteiger partial charge in [0.25, 0.3) is 0 Å². The molecule has 0 fully saturated rings. The van der Waals surface area contributed by atoms with Gasteiger partial charge >= 0.3 is 6.18 Å². The second-order valence-electron chi connectivity index (χ2n) is 8.69. The molecule has 9 heteroatoms. The highest BCUT2D eigenvalue weighted by atomic mass is 19.4. The van der Waals surface area contributed by atoms with E-state index in [1.54, 1.807) is 18.3 Å². The van der Waals surface area contributed by atoms with Crippen LogP contribution in [0.4, 0.5) is 18.9 Å². The maximum absolute atomic E-state index is 13.1. The summed E-state index contributed by atoms with van der Waals surface area (Å²) in [4.78, 5) is 10.9. The fourth-order valence-electron chi connectivity index (χ4n) is 4.82. The van der Waals surface area contributed by atoms with E-state index >= 15 is 0 Å². The highest BCUT2D eigenvalue weighted by molar-refractivity contribution is 6.13. The molecule has 5 aromatic rings. The molecular formula is C30H13F3N6. The van der Waals surface area contributed by atoms with Gasteiger partial charge in [-0.3, -0.25) is 0 Å². The van der Waals surface area contributed by atoms with Gasteiger partial charge in [-0.05, 0) is 47.0 Å². The highest BCUT2D eigenvalue weighted by Crippen LogP contribution is 2.40. The number of aryl methyl sites for hydroxylation is 1. The third kappa shape index (κ3) is 3.96. The van der Waals surface area contributed by atoms with Crippen LogP contribution in [-0.4, -0.2) is 0 Å². The lowest BCUT2D eigenvalue weighted by Gasteiger charge is -2.07. The van der Waals surface area contributed by atoms with Crippen LogP contribution < -0.4 is 10.7 Å². The van der Waals surface area contributed by atoms with E-state index in [1.165, 1.54) is 12.1 Å². The predicted molar refractivity (Wildman–Crippen MR) is 139 cm³/mol. The van der Waals surface area contributed by atoms with E-state index in [-0.39, 0.29) is 33.1 Å². The van der Waals surface area contributed by atoms with Crippen LogP contribution in [0.2, 0.25) is 0 Å². The van der Waals surface area contributed by atoms with Crippen molar-refractivity contribution in [2.45, 2.75) is 13.1 Å². The molecule has 0 aliphatic carbocycles. The second kappa shape index (κ2) is 9.27. The third-order valence-corrected chi connectivity index (χ3v) is 6.53. The van der Waals surface area contributed by atoms with Gasteiger partial charge in [0.15, 0.2) is 5.36 Å². The van der Waals surface area contributed by atoms with Crippen LogP contribution >= 0.6 is 0 Å². The van der Waals surface area contributed by atoms with Crippen molar-refractivity contribution >= 4 is 27.2 Å². The first-order valence-corrected chi connectivity index (χ1v) is 11.4. The van der Waals surface area contributed by atoms with Crippen molar-refractivity contribution in [3.63, 3.8) is 0 Å². The van der Waals surface area contributed by atoms with Gasteiger partial charge in [0.1, 0.15) is 6.07 Å². The van der Waals surface area contributed by atoms with Crippen molar-refractivity contribution in [1.82, 2.24) is 0 Å². The van der Waals surface area contributed by atoms with E-state index in [9.17, 15) is 23.7 Å². The van der Waals surface area contributed by atoms with Crippen LogP contribution in [0.3, 0.4) is 0 Å². The van der Waals surface area contributed by atoms with Gasteiger partial charge in [0, 0.05) is 21.9 Å². The van der Waals surface area contributed by atoms with Crippen molar-refractivity contribution < 1.29 is 13.2 Å². The molecule has 0 aliphatic rings. The second-order valence-corrected chi connectivity index (χ2v) is 8.69. The molecule has 0 spiro atoms. The van der Waals surface area contributed by atoms with Gasteiger partial charge in [-0.1, -0.05) is 48.0 Å². The summed E-state index contributed by atoms with van der Waals surface area (Å²) in [5.41, 5.74) is 2.18. The molecule has 0 amide bonds. The molecule has 0 saturated heterocycles. The zero-order chi connectivity index (χ0) is 27.9. The number of hydrogen-bond acceptors (Lipinski definition) is 4. The van der Waals surface area contributed by atoms with Crippen molar-refractivity contribution in [3.8, 4) is 34.5 Å². The molecule has 6 nitrogen and oxygen atoms in total. The SMILES string of the molecule is [C-]#[N+]/N=c1/c(-c2ccc(C(F)(F)F)cc2)c(C#N)c2cc3c([N+]#[C-])c(-c4ccc(C)cc4)c(=NC#N)c3cc12. The molecule has 0 atom stereocenters. The number of rotatable bonds is 2. The van der Waals surface area contributed by atoms with Crippen LogP contribution in [0, 0.1) is 42.9 Å². The minimum absolute atomic E-state index is 0.113. The van der Waals surface area contributed by atoms with Crippen LogP contribution in [-0.2, 0) is 6.18 Å². The van der Waals surface area contributed by atoms with Crippen LogP contribution in [0.25, 0.3) is 53.6 Å². The smallest absolute Gasteiger partial charge is 0.237 e. The molecule has 184 valence electrons. The summed E-state index contributed by atoms with van der Waals surface area (Å²) in [6.07, 6.45) is -2.74. The van der Waals surface area contributed by atoms with E-state index in [0.29, 0.717) is 32.7 Å². The molecule has 0 radical (unpaired) electrons. The van der Waals surface area contributed by atoms with Crippen LogP contribution in [0.1, 0.15) is 16.7 Å². The number of nitrogens with zero attached hydrogens (tertiary/aromatic N) is 6. The molecule has 0 saturated carbocycles. The first-order chi connectivity index (χ1) is 18.7. The van der Waals surface area contributed by atoms with Gasteiger partial charge in [-0.2, -0.15) is 35.3 Å². The molecule has 5 rings (SSSR count). The normalized spacial score (nSPS) is 12.3. The Bertz CT molecular complexity index is 2080. The maximum Gasteiger partial charge on any atom is 0.416 e. The zero-order valence-corrected chi connectivity index (χ0v) is 20.1. The first kappa shape index (κ1) is 24.9. The Hall–Kier alpha value is -5.77. The molecule has 39 heavy (non-hydrogen) atoms. The topological polar surface area (TPSA) is 81.0 Å². The quantitative estimate of drug-likeness (QED) is 0.143. The molecular weight excluding hydrogens is 501 g/mol. The Balaban J connectivity index is 1.93. The van der Waals surface area contributed by atoms with Crippen molar-refractivity contribution in [2.75, 3.05) is 0 Å². The van der Waals surface area contributed by atoms with Gasteiger partial charge in [-0.15, -0.1) is 4.95 Å². The summed E-state index contributed by atoms with van der Waals surface area (Å²) in [6.45, 7) is 17.2. The number of alkyl halides is 3. The summed E-state index contributed by atoms with van der Waals surface area (Å²) in [6, 6.07) is 17.1. The third-order valence-electron chi connectivity index (χ3n) is 6.53. The minimum atomic E-state index is -4.54. The monoisotopic (exact) mass is 514 g/mol. The largest absolute Gasteiger partial charge is 0.416 e. The predicted octanol–water partition coefficient (Wildman–Crippen LogP) is 7.07. The molecule has 0 aromatic heterocycles. The average Bonchev–Trinajstić information content (AvgIpc) is 3.39. The van der Waals surface area contributed by atoms with Crippen molar-refractivity contribution in [3.05, 3.63) is 111 Å². The van der Waals surface area contributed by atoms with E-state index < -0.39 is 11.7 Å². The van der Waals surface area contributed by atoms with Crippen molar-refractivity contribution in [2.24, 2.45) is 10.1 Å². The Morgan fingerprint density at radius 3 is 1.95 bits per heavy atom. The lowest BCUT2D eigenvalue weighted by molar-refractivity contribution is -0.137. The standard InChI is InChI=1S/C30H13F3N6/c1-16-4-6-18(7-5-16)26-27(36-2)22-12-20-21(13-23(22)28(26)38-15-35)29(39-37-3)25(24(20)14-34)17-8-10-19(11-9-17)30(31,32)33/h4-13H,1H3/b38-28?,39-29+. The van der Waals surface area contributed by atoms with Gasteiger partial charge < -0.3 is 0 Å². The Morgan fingerprint density at radius 2 is 1.38 bits per heavy atom. The molecule has 5 aromatic carbocycles. The van der Waals surface area contributed by atoms with Crippen molar-refractivity contribution in [1.29, 1.82) is 10.5 Å². The maximum atomic E-state index is 13.1. The summed E-state index contributed by atoms with van der Waals surface area (Å²) < 4.78 is 39.4. The fourth-order valence-corrected chi connectivity index (χ4v) is 4.82. The van der Waals surface area contributed by atoms with Gasteiger partial charge in [0.2, 0.25) is 11.9 Å². The van der Waals surface area contributed by atoms with Gasteiger partial charge in [-0.25, -0.2) is 4.85 Å². The fraction of sp³-hybridized carbons (Fsp3) is 0.0667. The van der Waals surface area contributed by atoms with E-state index in [1.807, 2.05) is 31.2 Å². The Kier molecular flexibility index (Phi) is 5.92. The zero-order valence-electron chi connectivity index (χ0n) is 20.1. The highest BCUT2D eigenvalue weighted by Gasteiger charge is 2.30. The van der Waals surface area contributed by atoms with Gasteiger partial charge in [0.05, 0.1) is 28.2 Å². The Labute approximate surface area is 219 Å². The summed E-state index contributed by atoms with van der Waals surface area (Å²) in [7, 11) is 0. The lowest BCUT2D eigenvalue weighted by Crippen LogP contribution is -2.06. The number of benzene rings is 3. The first-order valence-electron chi connectivity index (χ1n) is 11.4. The number of hydrogen-bond donors (Lipinski definition) is 0. The van der Waals surface area contributed by atoms with E-state index in [0.717, 1.165) is 17.7 Å². The summed E-state index contributed by atoms with van der Waals surface area (Å²) in [5.74, 6) is 0. The average molecular weight is 514 g/mol.